The SMILES string of the molecule is C=CC(=O)OCO[P+]([O-])(O)OCC[N+](C)(C)C. The van der Waals surface area contributed by atoms with Gasteiger partial charge in [-0.3, -0.25) is 0 Å². The van der Waals surface area contributed by atoms with Crippen molar-refractivity contribution in [1.82, 2.24) is 0 Å². The Morgan fingerprint density at radius 3 is 2.53 bits per heavy atom. The van der Waals surface area contributed by atoms with Crippen LogP contribution in [0.5, 0.6) is 0 Å². The zero-order valence-corrected chi connectivity index (χ0v) is 11.2. The van der Waals surface area contributed by atoms with Crippen LogP contribution < -0.4 is 4.89 Å². The van der Waals surface area contributed by atoms with Crippen LogP contribution in [0.15, 0.2) is 12.7 Å². The molecule has 0 saturated heterocycles. The number of phosphoric ester groups is 1. The Balaban J connectivity index is 3.80. The smallest absolute Gasteiger partial charge is 0.381 e. The Morgan fingerprint density at radius 2 is 2.06 bits per heavy atom. The van der Waals surface area contributed by atoms with Crippen molar-refractivity contribution in [3.05, 3.63) is 12.7 Å². The predicted molar refractivity (Wildman–Crippen MR) is 60.2 cm³/mol. The molecule has 0 heterocycles. The first-order valence-corrected chi connectivity index (χ1v) is 6.37. The van der Waals surface area contributed by atoms with E-state index in [1.807, 2.05) is 21.1 Å². The average molecular weight is 268 g/mol. The molecular weight excluding hydrogens is 249 g/mol. The number of rotatable bonds is 8. The molecule has 100 valence electrons. The second kappa shape index (κ2) is 7.00. The largest absolute Gasteiger partial charge is 0.606 e. The summed E-state index contributed by atoms with van der Waals surface area (Å²) < 4.78 is 14.1. The zero-order valence-electron chi connectivity index (χ0n) is 10.3. The van der Waals surface area contributed by atoms with E-state index in [1.54, 1.807) is 0 Å². The maximum absolute atomic E-state index is 11.3. The number of phosphoric acid groups is 1. The van der Waals surface area contributed by atoms with E-state index in [4.69, 9.17) is 0 Å². The van der Waals surface area contributed by atoms with E-state index in [0.717, 1.165) is 6.08 Å². The Kier molecular flexibility index (Phi) is 6.77. The number of carbonyl (C=O) groups is 1. The molecule has 0 bridgehead atoms. The van der Waals surface area contributed by atoms with Crippen molar-refractivity contribution < 1.29 is 32.8 Å². The standard InChI is InChI=1S/C9H18NO6P/c1-5-9(11)14-8-16-17(12,13)15-7-6-10(2,3)4/h5H,1,6-8H2,2-4H3/p+1. The highest BCUT2D eigenvalue weighted by Gasteiger charge is 2.28. The third kappa shape index (κ3) is 10.3. The van der Waals surface area contributed by atoms with Crippen LogP contribution in [0.2, 0.25) is 0 Å². The fourth-order valence-electron chi connectivity index (χ4n) is 0.677. The lowest BCUT2D eigenvalue weighted by Crippen LogP contribution is -2.38. The van der Waals surface area contributed by atoms with Crippen molar-refractivity contribution >= 4 is 14.1 Å². The highest BCUT2D eigenvalue weighted by Crippen LogP contribution is 2.47. The van der Waals surface area contributed by atoms with Gasteiger partial charge in [0, 0.05) is 6.08 Å². The van der Waals surface area contributed by atoms with Gasteiger partial charge in [0.15, 0.2) is 0 Å². The van der Waals surface area contributed by atoms with E-state index in [2.05, 4.69) is 20.4 Å². The van der Waals surface area contributed by atoms with Gasteiger partial charge in [0.25, 0.3) is 0 Å². The van der Waals surface area contributed by atoms with Gasteiger partial charge < -0.3 is 14.1 Å². The molecule has 0 aromatic rings. The summed E-state index contributed by atoms with van der Waals surface area (Å²) in [5.74, 6) is -0.739. The molecule has 0 aliphatic carbocycles. The maximum Gasteiger partial charge on any atom is 0.381 e. The molecule has 0 aromatic heterocycles. The van der Waals surface area contributed by atoms with Crippen LogP contribution in [-0.2, 0) is 18.6 Å². The first-order valence-electron chi connectivity index (χ1n) is 4.88. The topological polar surface area (TPSA) is 88.1 Å². The van der Waals surface area contributed by atoms with Crippen LogP contribution in [-0.4, -0.2) is 56.4 Å². The zero-order chi connectivity index (χ0) is 13.5. The van der Waals surface area contributed by atoms with Gasteiger partial charge in [-0.1, -0.05) is 6.58 Å². The number of nitrogens with zero attached hydrogens (tertiary/aromatic N) is 1. The molecule has 0 rings (SSSR count). The lowest BCUT2D eigenvalue weighted by molar-refractivity contribution is -0.870. The number of esters is 1. The minimum absolute atomic E-state index is 0.0622. The maximum atomic E-state index is 11.3. The summed E-state index contributed by atoms with van der Waals surface area (Å²) in [4.78, 5) is 31.0. The van der Waals surface area contributed by atoms with E-state index in [0.29, 0.717) is 11.0 Å². The van der Waals surface area contributed by atoms with E-state index in [1.165, 1.54) is 0 Å². The molecule has 1 unspecified atom stereocenters. The van der Waals surface area contributed by atoms with Crippen LogP contribution in [0, 0.1) is 0 Å². The van der Waals surface area contributed by atoms with E-state index in [-0.39, 0.29) is 6.61 Å². The van der Waals surface area contributed by atoms with Crippen LogP contribution in [0.3, 0.4) is 0 Å². The van der Waals surface area contributed by atoms with Crippen LogP contribution in [0.1, 0.15) is 0 Å². The fraction of sp³-hybridized carbons (Fsp3) is 0.667. The Bertz CT molecular complexity index is 263. The predicted octanol–water partition coefficient (Wildman–Crippen LogP) is -0.557. The van der Waals surface area contributed by atoms with Crippen molar-refractivity contribution in [3.8, 4) is 0 Å². The minimum atomic E-state index is -4.17. The number of likely N-dealkylation sites (N-methyl/N-ethyl adjacent to an activating group) is 1. The van der Waals surface area contributed by atoms with Gasteiger partial charge in [-0.15, -0.1) is 4.52 Å². The molecule has 17 heavy (non-hydrogen) atoms. The molecule has 0 amide bonds. The number of carbonyl (C=O) groups excluding carboxylic acids is 1. The second-order valence-electron chi connectivity index (χ2n) is 4.23. The molecule has 7 nitrogen and oxygen atoms in total. The number of quaternary nitrogens is 1. The normalized spacial score (nSPS) is 15.1. The molecule has 0 aliphatic rings. The molecule has 0 radical (unpaired) electrons. The van der Waals surface area contributed by atoms with Crippen molar-refractivity contribution in [2.75, 3.05) is 41.1 Å². The first kappa shape index (κ1) is 16.4. The Morgan fingerprint density at radius 1 is 1.47 bits per heavy atom. The lowest BCUT2D eigenvalue weighted by atomic mass is 10.5. The third-order valence-corrected chi connectivity index (χ3v) is 2.54. The minimum Gasteiger partial charge on any atom is -0.606 e. The number of ether oxygens (including phenoxy) is 1. The summed E-state index contributed by atoms with van der Waals surface area (Å²) >= 11 is 0. The van der Waals surface area contributed by atoms with Crippen molar-refractivity contribution in [2.45, 2.75) is 0 Å². The molecule has 0 spiro atoms. The van der Waals surface area contributed by atoms with Crippen LogP contribution in [0.4, 0.5) is 0 Å². The highest BCUT2D eigenvalue weighted by molar-refractivity contribution is 7.52. The Hall–Kier alpha value is -0.560. The monoisotopic (exact) mass is 268 g/mol. The van der Waals surface area contributed by atoms with Gasteiger partial charge in [-0.05, 0) is 0 Å². The van der Waals surface area contributed by atoms with Gasteiger partial charge >= 0.3 is 14.1 Å². The van der Waals surface area contributed by atoms with Gasteiger partial charge in [-0.25, -0.2) is 4.79 Å². The molecule has 1 atom stereocenters. The fourth-order valence-corrected chi connectivity index (χ4v) is 1.25. The van der Waals surface area contributed by atoms with Crippen molar-refractivity contribution in [1.29, 1.82) is 0 Å². The van der Waals surface area contributed by atoms with Gasteiger partial charge in [0.05, 0.1) is 21.1 Å². The van der Waals surface area contributed by atoms with Gasteiger partial charge in [0.2, 0.25) is 6.79 Å². The number of hydrogen-bond donors (Lipinski definition) is 1. The Labute approximate surface area is 101 Å². The van der Waals surface area contributed by atoms with Crippen molar-refractivity contribution in [2.24, 2.45) is 0 Å². The second-order valence-corrected chi connectivity index (χ2v) is 5.68. The summed E-state index contributed by atoms with van der Waals surface area (Å²) in [7, 11) is 1.58. The van der Waals surface area contributed by atoms with E-state index in [9.17, 15) is 14.6 Å². The molecule has 1 N–H and O–H groups in total. The van der Waals surface area contributed by atoms with Crippen LogP contribution in [0.25, 0.3) is 0 Å². The van der Waals surface area contributed by atoms with Crippen LogP contribution >= 0.6 is 8.17 Å². The molecule has 8 heteroatoms. The number of hydrogen-bond acceptors (Lipinski definition) is 6. The lowest BCUT2D eigenvalue weighted by Gasteiger charge is -2.25. The van der Waals surface area contributed by atoms with E-state index >= 15 is 0 Å². The summed E-state index contributed by atoms with van der Waals surface area (Å²) in [6.45, 7) is 3.11. The summed E-state index contributed by atoms with van der Waals surface area (Å²) in [6.07, 6.45) is 0.920. The first-order chi connectivity index (χ1) is 7.66. The summed E-state index contributed by atoms with van der Waals surface area (Å²) in [5, 5.41) is 0. The summed E-state index contributed by atoms with van der Waals surface area (Å²) in [6, 6.07) is 0. The third-order valence-electron chi connectivity index (χ3n) is 1.60. The summed E-state index contributed by atoms with van der Waals surface area (Å²) in [5.41, 5.74) is 0. The molecule has 0 aromatic carbocycles. The molecular formula is C9H19NO6P+. The molecule has 0 fully saturated rings. The van der Waals surface area contributed by atoms with Gasteiger partial charge in [-0.2, -0.15) is 9.42 Å². The molecule has 0 aliphatic heterocycles. The average Bonchev–Trinajstić information content (AvgIpc) is 2.14. The van der Waals surface area contributed by atoms with Gasteiger partial charge in [0.1, 0.15) is 13.2 Å². The quantitative estimate of drug-likeness (QED) is 0.209. The van der Waals surface area contributed by atoms with Crippen molar-refractivity contribution in [3.63, 3.8) is 0 Å². The molecule has 0 saturated carbocycles. The highest BCUT2D eigenvalue weighted by atomic mass is 31.2. The van der Waals surface area contributed by atoms with E-state index < -0.39 is 20.9 Å².